The van der Waals surface area contributed by atoms with Crippen LogP contribution < -0.4 is 0 Å². The number of benzene rings is 1. The molecular weight excluding hydrogens is 326 g/mol. The van der Waals surface area contributed by atoms with Crippen molar-refractivity contribution < 1.29 is 5.11 Å². The Hall–Kier alpha value is -1.53. The summed E-state index contributed by atoms with van der Waals surface area (Å²) in [6.45, 7) is 0. The number of nitrogens with one attached hydrogen (secondary N) is 1. The van der Waals surface area contributed by atoms with Crippen molar-refractivity contribution in [3.8, 4) is 5.88 Å². The molecule has 4 nitrogen and oxygen atoms in total. The minimum atomic E-state index is 0.0100. The van der Waals surface area contributed by atoms with E-state index in [2.05, 4.69) is 30.9 Å². The first-order valence-corrected chi connectivity index (χ1v) is 7.58. The van der Waals surface area contributed by atoms with E-state index in [1.807, 2.05) is 30.5 Å². The molecule has 96 valence electrons. The third kappa shape index (κ3) is 2.33. The molecule has 0 fully saturated rings. The number of halogens is 1. The summed E-state index contributed by atoms with van der Waals surface area (Å²) in [4.78, 5) is 11.4. The first kappa shape index (κ1) is 12.5. The topological polar surface area (TPSA) is 61.3 Å². The van der Waals surface area contributed by atoms with Crippen molar-refractivity contribution in [3.05, 3.63) is 33.9 Å². The molecular formula is C13H10BrN3OS. The Morgan fingerprint density at radius 1 is 1.42 bits per heavy atom. The average Bonchev–Trinajstić information content (AvgIpc) is 2.94. The maximum absolute atomic E-state index is 9.76. The lowest BCUT2D eigenvalue weighted by Gasteiger charge is -1.99. The van der Waals surface area contributed by atoms with E-state index in [0.717, 1.165) is 21.3 Å². The maximum Gasteiger partial charge on any atom is 0.237 e. The molecule has 0 aliphatic carbocycles. The minimum absolute atomic E-state index is 0.0100. The highest BCUT2D eigenvalue weighted by Crippen LogP contribution is 2.35. The molecule has 1 aromatic carbocycles. The largest absolute Gasteiger partial charge is 0.492 e. The Labute approximate surface area is 122 Å². The summed E-state index contributed by atoms with van der Waals surface area (Å²) in [7, 11) is 0. The van der Waals surface area contributed by atoms with Gasteiger partial charge in [0, 0.05) is 21.8 Å². The fourth-order valence-electron chi connectivity index (χ4n) is 1.89. The van der Waals surface area contributed by atoms with Crippen LogP contribution in [0.4, 0.5) is 5.69 Å². The summed E-state index contributed by atoms with van der Waals surface area (Å²) >= 11 is 4.88. The van der Waals surface area contributed by atoms with Gasteiger partial charge in [0.15, 0.2) is 5.16 Å². The minimum Gasteiger partial charge on any atom is -0.492 e. The van der Waals surface area contributed by atoms with E-state index in [4.69, 9.17) is 0 Å². The average molecular weight is 336 g/mol. The molecule has 0 atom stereocenters. The monoisotopic (exact) mass is 335 g/mol. The molecule has 1 aliphatic heterocycles. The zero-order valence-electron chi connectivity index (χ0n) is 10.0. The second-order valence-electron chi connectivity index (χ2n) is 4.00. The Balaban J connectivity index is 2.03. The lowest BCUT2D eigenvalue weighted by atomic mass is 10.1. The number of hydrogen-bond acceptors (Lipinski definition) is 4. The number of hydrogen-bond donors (Lipinski definition) is 2. The zero-order chi connectivity index (χ0) is 13.4. The highest BCUT2D eigenvalue weighted by atomic mass is 79.9. The number of thioether (sulfide) groups is 1. The molecule has 0 amide bonds. The van der Waals surface area contributed by atoms with Gasteiger partial charge < -0.3 is 10.1 Å². The molecule has 2 N–H and O–H groups in total. The number of nitrogens with zero attached hydrogens (tertiary/aromatic N) is 2. The number of allylic oxidation sites excluding steroid dienone is 1. The quantitative estimate of drug-likeness (QED) is 0.819. The first-order valence-electron chi connectivity index (χ1n) is 5.56. The van der Waals surface area contributed by atoms with Crippen LogP contribution >= 0.6 is 27.7 Å². The number of aromatic nitrogens is 2. The Morgan fingerprint density at radius 3 is 3.00 bits per heavy atom. The number of aromatic hydroxyl groups is 1. The number of aliphatic imine (C=N–C) groups is 1. The molecule has 6 heteroatoms. The van der Waals surface area contributed by atoms with Crippen LogP contribution in [0.1, 0.15) is 11.3 Å². The highest BCUT2D eigenvalue weighted by Gasteiger charge is 2.14. The van der Waals surface area contributed by atoms with Gasteiger partial charge in [-0.05, 0) is 24.5 Å². The number of H-pyrrole nitrogens is 1. The number of imidazole rings is 1. The van der Waals surface area contributed by atoms with E-state index < -0.39 is 0 Å². The maximum atomic E-state index is 9.76. The van der Waals surface area contributed by atoms with Crippen LogP contribution in [0.15, 0.2) is 32.8 Å². The summed E-state index contributed by atoms with van der Waals surface area (Å²) in [5.41, 5.74) is 3.52. The third-order valence-electron chi connectivity index (χ3n) is 2.80. The summed E-state index contributed by atoms with van der Waals surface area (Å²) in [5, 5.41) is 10.5. The Morgan fingerprint density at radius 2 is 2.26 bits per heavy atom. The molecule has 0 bridgehead atoms. The van der Waals surface area contributed by atoms with Gasteiger partial charge in [-0.3, -0.25) is 4.99 Å². The molecule has 0 unspecified atom stereocenters. The standard InChI is InChI=1S/C13H10BrN3OS/c1-19-13-16-11(12(18)17-13)4-7-6-15-10-5-8(14)2-3-9(7)10/h2-6,18H,1H3,(H,16,17). The Kier molecular flexibility index (Phi) is 3.20. The predicted molar refractivity (Wildman–Crippen MR) is 82.2 cm³/mol. The van der Waals surface area contributed by atoms with Crippen molar-refractivity contribution in [3.63, 3.8) is 0 Å². The van der Waals surface area contributed by atoms with Crippen molar-refractivity contribution in [2.45, 2.75) is 5.16 Å². The molecule has 0 radical (unpaired) electrons. The number of rotatable bonds is 2. The van der Waals surface area contributed by atoms with Crippen molar-refractivity contribution in [1.29, 1.82) is 0 Å². The fourth-order valence-corrected chi connectivity index (χ4v) is 2.63. The van der Waals surface area contributed by atoms with Gasteiger partial charge in [-0.25, -0.2) is 0 Å². The number of fused-ring (bicyclic) bond motifs is 1. The smallest absolute Gasteiger partial charge is 0.237 e. The third-order valence-corrected chi connectivity index (χ3v) is 3.87. The molecule has 19 heavy (non-hydrogen) atoms. The van der Waals surface area contributed by atoms with Gasteiger partial charge in [0.1, 0.15) is 5.69 Å². The van der Waals surface area contributed by atoms with Gasteiger partial charge in [-0.15, -0.1) is 0 Å². The Bertz CT molecular complexity index is 706. The molecule has 3 rings (SSSR count). The highest BCUT2D eigenvalue weighted by molar-refractivity contribution is 9.10. The SMILES string of the molecule is CSc1nc(O)c(C=C2C=Nc3cc(Br)ccc32)[nH]1. The molecule has 2 heterocycles. The molecule has 0 spiro atoms. The molecule has 0 saturated carbocycles. The zero-order valence-corrected chi connectivity index (χ0v) is 12.4. The van der Waals surface area contributed by atoms with Crippen molar-refractivity contribution in [2.75, 3.05) is 6.26 Å². The second kappa shape index (κ2) is 4.86. The second-order valence-corrected chi connectivity index (χ2v) is 5.71. The lowest BCUT2D eigenvalue weighted by molar-refractivity contribution is 0.453. The van der Waals surface area contributed by atoms with Crippen molar-refractivity contribution in [2.24, 2.45) is 4.99 Å². The fraction of sp³-hybridized carbons (Fsp3) is 0.0769. The van der Waals surface area contributed by atoms with Crippen LogP contribution in [-0.4, -0.2) is 27.5 Å². The normalized spacial score (nSPS) is 15.2. The van der Waals surface area contributed by atoms with E-state index >= 15 is 0 Å². The summed E-state index contributed by atoms with van der Waals surface area (Å²) in [6.07, 6.45) is 5.54. The van der Waals surface area contributed by atoms with Gasteiger partial charge in [-0.1, -0.05) is 33.8 Å². The molecule has 2 aromatic rings. The number of aromatic amines is 1. The van der Waals surface area contributed by atoms with Crippen LogP contribution in [0.3, 0.4) is 0 Å². The molecule has 1 aliphatic rings. The van der Waals surface area contributed by atoms with Gasteiger partial charge >= 0.3 is 0 Å². The van der Waals surface area contributed by atoms with Gasteiger partial charge in [0.25, 0.3) is 0 Å². The molecule has 0 saturated heterocycles. The van der Waals surface area contributed by atoms with E-state index in [1.165, 1.54) is 11.8 Å². The van der Waals surface area contributed by atoms with Gasteiger partial charge in [-0.2, -0.15) is 4.98 Å². The summed E-state index contributed by atoms with van der Waals surface area (Å²) in [5.74, 6) is 0.0100. The predicted octanol–water partition coefficient (Wildman–Crippen LogP) is 3.86. The van der Waals surface area contributed by atoms with E-state index in [0.29, 0.717) is 10.9 Å². The first-order chi connectivity index (χ1) is 9.17. The van der Waals surface area contributed by atoms with E-state index in [9.17, 15) is 5.11 Å². The van der Waals surface area contributed by atoms with Crippen LogP contribution in [0.25, 0.3) is 11.6 Å². The van der Waals surface area contributed by atoms with Gasteiger partial charge in [0.05, 0.1) is 5.69 Å². The molecule has 1 aromatic heterocycles. The van der Waals surface area contributed by atoms with Gasteiger partial charge in [0.2, 0.25) is 5.88 Å². The summed E-state index contributed by atoms with van der Waals surface area (Å²) in [6, 6.07) is 5.94. The summed E-state index contributed by atoms with van der Waals surface area (Å²) < 4.78 is 0.999. The van der Waals surface area contributed by atoms with E-state index in [1.54, 1.807) is 6.21 Å². The van der Waals surface area contributed by atoms with Crippen LogP contribution in [0.2, 0.25) is 0 Å². The van der Waals surface area contributed by atoms with E-state index in [-0.39, 0.29) is 5.88 Å². The van der Waals surface area contributed by atoms with Crippen LogP contribution in [-0.2, 0) is 0 Å². The van der Waals surface area contributed by atoms with Crippen molar-refractivity contribution in [1.82, 2.24) is 9.97 Å². The van der Waals surface area contributed by atoms with Crippen molar-refractivity contribution >= 4 is 51.2 Å². The lowest BCUT2D eigenvalue weighted by Crippen LogP contribution is -1.81. The van der Waals surface area contributed by atoms with Crippen LogP contribution in [0, 0.1) is 0 Å². The van der Waals surface area contributed by atoms with Crippen LogP contribution in [0.5, 0.6) is 5.88 Å².